The molecule has 0 aliphatic carbocycles. The molecule has 9 nitrogen and oxygen atoms in total. The number of aromatic nitrogens is 1. The number of alkyl halides is 3. The quantitative estimate of drug-likeness (QED) is 0.668. The molecular formula is C22H24F3N3O6S. The molecule has 1 saturated heterocycles. The van der Waals surface area contributed by atoms with Gasteiger partial charge in [-0.1, -0.05) is 25.1 Å². The smallest absolute Gasteiger partial charge is 0.483 e. The summed E-state index contributed by atoms with van der Waals surface area (Å²) in [5, 5.41) is 7.12. The Morgan fingerprint density at radius 3 is 2.40 bits per heavy atom. The number of likely N-dealkylation sites (tertiary alicyclic amines) is 1. The zero-order valence-electron chi connectivity index (χ0n) is 18.7. The number of halogens is 3. The predicted octanol–water partition coefficient (Wildman–Crippen LogP) is 2.68. The molecule has 3 heterocycles. The summed E-state index contributed by atoms with van der Waals surface area (Å²) in [6.45, 7) is 3.10. The van der Waals surface area contributed by atoms with Gasteiger partial charge in [0, 0.05) is 25.6 Å². The third kappa shape index (κ3) is 6.09. The van der Waals surface area contributed by atoms with E-state index in [4.69, 9.17) is 14.6 Å². The van der Waals surface area contributed by atoms with Crippen LogP contribution in [0.3, 0.4) is 0 Å². The maximum Gasteiger partial charge on any atom is 0.490 e. The second-order valence-corrected chi connectivity index (χ2v) is 9.95. The Bertz CT molecular complexity index is 1180. The highest BCUT2D eigenvalue weighted by atomic mass is 32.2. The van der Waals surface area contributed by atoms with E-state index >= 15 is 0 Å². The average molecular weight is 516 g/mol. The minimum absolute atomic E-state index is 0.0529. The monoisotopic (exact) mass is 515 g/mol. The number of carboxylic acid groups (broad SMARTS) is 1. The summed E-state index contributed by atoms with van der Waals surface area (Å²) in [5.41, 5.74) is -0.0978. The maximum atomic E-state index is 13.4. The second-order valence-electron chi connectivity index (χ2n) is 8.05. The number of hydrogen-bond donors (Lipinski definition) is 1. The molecule has 1 fully saturated rings. The molecule has 1 spiro atoms. The fourth-order valence-electron chi connectivity index (χ4n) is 3.87. The van der Waals surface area contributed by atoms with E-state index in [1.807, 2.05) is 13.0 Å². The van der Waals surface area contributed by atoms with Crippen LogP contribution in [0.2, 0.25) is 0 Å². The van der Waals surface area contributed by atoms with Crippen molar-refractivity contribution in [2.75, 3.05) is 19.6 Å². The Labute approximate surface area is 200 Å². The maximum absolute atomic E-state index is 13.4. The highest BCUT2D eigenvalue weighted by molar-refractivity contribution is 7.89. The Morgan fingerprint density at radius 2 is 1.80 bits per heavy atom. The van der Waals surface area contributed by atoms with Crippen molar-refractivity contribution < 1.29 is 41.0 Å². The number of pyridine rings is 1. The Kier molecular flexibility index (Phi) is 7.70. The first-order valence-electron chi connectivity index (χ1n) is 10.6. The van der Waals surface area contributed by atoms with Crippen LogP contribution in [0.1, 0.15) is 25.5 Å². The number of benzene rings is 1. The highest BCUT2D eigenvalue weighted by Crippen LogP contribution is 2.39. The van der Waals surface area contributed by atoms with Crippen molar-refractivity contribution in [3.63, 3.8) is 0 Å². The van der Waals surface area contributed by atoms with Gasteiger partial charge in [-0.3, -0.25) is 9.78 Å². The SMILES string of the molecule is CCC(=O)N1CCC2(C1)CN(Cc1ccccn1)S(=O)(=O)c1ccccc1O2.O=C(O)C(F)(F)F. The van der Waals surface area contributed by atoms with Crippen molar-refractivity contribution in [3.05, 3.63) is 54.4 Å². The fraction of sp³-hybridized carbons (Fsp3) is 0.409. The lowest BCUT2D eigenvalue weighted by atomic mass is 10.0. The normalized spacial score (nSPS) is 21.3. The first kappa shape index (κ1) is 26.4. The summed E-state index contributed by atoms with van der Waals surface area (Å²) >= 11 is 0. The number of carbonyl (C=O) groups is 2. The van der Waals surface area contributed by atoms with Crippen molar-refractivity contribution >= 4 is 21.9 Å². The minimum Gasteiger partial charge on any atom is -0.483 e. The van der Waals surface area contributed by atoms with E-state index in [2.05, 4.69) is 4.98 Å². The van der Waals surface area contributed by atoms with Crippen LogP contribution in [0.25, 0.3) is 0 Å². The molecule has 2 aromatic rings. The topological polar surface area (TPSA) is 117 Å². The third-order valence-corrected chi connectivity index (χ3v) is 7.37. The standard InChI is InChI=1S/C20H23N3O4S.C2HF3O2/c1-2-19(24)22-12-10-20(14-22)15-23(13-16-7-5-6-11-21-16)28(25,26)18-9-4-3-8-17(18)27-20;3-2(4,5)1(6)7/h3-9,11H,2,10,12-15H2,1H3;(H,6,7). The van der Waals surface area contributed by atoms with Gasteiger partial charge in [0.2, 0.25) is 15.9 Å². The van der Waals surface area contributed by atoms with Crippen LogP contribution in [0, 0.1) is 0 Å². The van der Waals surface area contributed by atoms with Crippen LogP contribution >= 0.6 is 0 Å². The third-order valence-electron chi connectivity index (χ3n) is 5.54. The number of hydrogen-bond acceptors (Lipinski definition) is 6. The van der Waals surface area contributed by atoms with Crippen molar-refractivity contribution in [3.8, 4) is 5.75 Å². The van der Waals surface area contributed by atoms with E-state index < -0.39 is 27.8 Å². The van der Waals surface area contributed by atoms with E-state index in [0.29, 0.717) is 37.4 Å². The molecule has 35 heavy (non-hydrogen) atoms. The lowest BCUT2D eigenvalue weighted by Gasteiger charge is -2.31. The molecule has 1 aromatic carbocycles. The Hall–Kier alpha value is -3.19. The molecular weight excluding hydrogens is 491 g/mol. The van der Waals surface area contributed by atoms with Gasteiger partial charge in [0.25, 0.3) is 0 Å². The van der Waals surface area contributed by atoms with Gasteiger partial charge in [-0.25, -0.2) is 13.2 Å². The lowest BCUT2D eigenvalue weighted by Crippen LogP contribution is -2.49. The fourth-order valence-corrected chi connectivity index (χ4v) is 5.47. The summed E-state index contributed by atoms with van der Waals surface area (Å²) in [6.07, 6.45) is -2.43. The van der Waals surface area contributed by atoms with Crippen molar-refractivity contribution in [2.45, 2.75) is 43.0 Å². The summed E-state index contributed by atoms with van der Waals surface area (Å²) in [4.78, 5) is 27.3. The van der Waals surface area contributed by atoms with Crippen LogP contribution < -0.4 is 4.74 Å². The molecule has 1 unspecified atom stereocenters. The highest BCUT2D eigenvalue weighted by Gasteiger charge is 2.48. The molecule has 190 valence electrons. The van der Waals surface area contributed by atoms with Gasteiger partial charge in [-0.05, 0) is 24.3 Å². The molecule has 1 atom stereocenters. The summed E-state index contributed by atoms with van der Waals surface area (Å²) in [5.74, 6) is -2.36. The number of fused-ring (bicyclic) bond motifs is 1. The Balaban J connectivity index is 0.000000429. The van der Waals surface area contributed by atoms with Gasteiger partial charge in [-0.15, -0.1) is 0 Å². The number of rotatable bonds is 3. The van der Waals surface area contributed by atoms with Crippen molar-refractivity contribution in [1.82, 2.24) is 14.2 Å². The minimum atomic E-state index is -5.08. The van der Waals surface area contributed by atoms with Gasteiger partial charge in [0.05, 0.1) is 25.3 Å². The van der Waals surface area contributed by atoms with Crippen molar-refractivity contribution in [1.29, 1.82) is 0 Å². The van der Waals surface area contributed by atoms with E-state index in [-0.39, 0.29) is 23.9 Å². The number of aliphatic carboxylic acids is 1. The van der Waals surface area contributed by atoms with Crippen LogP contribution in [0.5, 0.6) is 5.75 Å². The van der Waals surface area contributed by atoms with E-state index in [9.17, 15) is 26.4 Å². The number of ether oxygens (including phenoxy) is 1. The number of amides is 1. The van der Waals surface area contributed by atoms with E-state index in [1.165, 1.54) is 4.31 Å². The van der Waals surface area contributed by atoms with Gasteiger partial charge >= 0.3 is 12.1 Å². The first-order chi connectivity index (χ1) is 16.4. The first-order valence-corrected chi connectivity index (χ1v) is 12.1. The van der Waals surface area contributed by atoms with Crippen LogP contribution in [-0.2, 0) is 26.2 Å². The summed E-state index contributed by atoms with van der Waals surface area (Å²) in [7, 11) is -3.76. The van der Waals surface area contributed by atoms with E-state index in [1.54, 1.807) is 47.5 Å². The molecule has 1 amide bonds. The molecule has 1 aromatic heterocycles. The van der Waals surface area contributed by atoms with Gasteiger partial charge in [-0.2, -0.15) is 17.5 Å². The van der Waals surface area contributed by atoms with Crippen molar-refractivity contribution in [2.24, 2.45) is 0 Å². The van der Waals surface area contributed by atoms with Gasteiger partial charge in [0.15, 0.2) is 0 Å². The predicted molar refractivity (Wildman–Crippen MR) is 117 cm³/mol. The van der Waals surface area contributed by atoms with Crippen LogP contribution in [0.4, 0.5) is 13.2 Å². The molecule has 0 radical (unpaired) electrons. The molecule has 13 heteroatoms. The molecule has 4 rings (SSSR count). The zero-order chi connectivity index (χ0) is 25.9. The number of carbonyl (C=O) groups excluding carboxylic acids is 1. The molecule has 2 aliphatic rings. The van der Waals surface area contributed by atoms with E-state index in [0.717, 1.165) is 0 Å². The second kappa shape index (κ2) is 10.2. The lowest BCUT2D eigenvalue weighted by molar-refractivity contribution is -0.192. The Morgan fingerprint density at radius 1 is 1.14 bits per heavy atom. The number of carboxylic acids is 1. The summed E-state index contributed by atoms with van der Waals surface area (Å²) < 4.78 is 66.2. The van der Waals surface area contributed by atoms with Crippen LogP contribution in [-0.4, -0.2) is 71.0 Å². The average Bonchev–Trinajstić information content (AvgIpc) is 3.19. The molecule has 1 N–H and O–H groups in total. The molecule has 2 aliphatic heterocycles. The number of nitrogens with zero attached hydrogens (tertiary/aromatic N) is 3. The van der Waals surface area contributed by atoms with Crippen LogP contribution in [0.15, 0.2) is 53.6 Å². The van der Waals surface area contributed by atoms with Gasteiger partial charge < -0.3 is 14.7 Å². The largest absolute Gasteiger partial charge is 0.490 e. The molecule has 0 bridgehead atoms. The molecule has 0 saturated carbocycles. The van der Waals surface area contributed by atoms with Gasteiger partial charge in [0.1, 0.15) is 16.2 Å². The number of sulfonamides is 1. The zero-order valence-corrected chi connectivity index (χ0v) is 19.6. The number of para-hydroxylation sites is 1. The summed E-state index contributed by atoms with van der Waals surface area (Å²) in [6, 6.07) is 12.2.